The number of hydrogen-bond acceptors (Lipinski definition) is 3. The van der Waals surface area contributed by atoms with Crippen molar-refractivity contribution >= 4 is 27.3 Å². The van der Waals surface area contributed by atoms with Crippen LogP contribution in [0.1, 0.15) is 19.8 Å². The van der Waals surface area contributed by atoms with E-state index < -0.39 is 10.0 Å². The topological polar surface area (TPSA) is 72.2 Å². The lowest BCUT2D eigenvalue weighted by Crippen LogP contribution is -2.29. The van der Waals surface area contributed by atoms with Crippen molar-refractivity contribution in [1.29, 1.82) is 0 Å². The van der Waals surface area contributed by atoms with E-state index in [-0.39, 0.29) is 16.0 Å². The molecule has 0 aliphatic heterocycles. The molecule has 6 heteroatoms. The van der Waals surface area contributed by atoms with Crippen LogP contribution < -0.4 is 10.5 Å². The first kappa shape index (κ1) is 12.7. The van der Waals surface area contributed by atoms with E-state index in [2.05, 4.69) is 11.6 Å². The molecule has 0 unspecified atom stereocenters. The van der Waals surface area contributed by atoms with Crippen molar-refractivity contribution in [3.05, 3.63) is 23.2 Å². The molecule has 0 saturated heterocycles. The average Bonchev–Trinajstić information content (AvgIpc) is 2.94. The molecular weight excluding hydrogens is 260 g/mol. The molecule has 0 bridgehead atoms. The van der Waals surface area contributed by atoms with Crippen molar-refractivity contribution in [2.75, 3.05) is 12.3 Å². The van der Waals surface area contributed by atoms with Gasteiger partial charge in [-0.15, -0.1) is 0 Å². The van der Waals surface area contributed by atoms with Crippen LogP contribution in [-0.2, 0) is 10.0 Å². The molecule has 2 rings (SSSR count). The summed E-state index contributed by atoms with van der Waals surface area (Å²) in [6, 6.07) is 4.38. The van der Waals surface area contributed by atoms with Crippen molar-refractivity contribution in [2.24, 2.45) is 5.41 Å². The van der Waals surface area contributed by atoms with Gasteiger partial charge in [0.1, 0.15) is 4.90 Å². The molecule has 1 aromatic rings. The zero-order valence-corrected chi connectivity index (χ0v) is 11.1. The second-order valence-electron chi connectivity index (χ2n) is 4.82. The molecule has 0 radical (unpaired) electrons. The molecule has 94 valence electrons. The highest BCUT2D eigenvalue weighted by Crippen LogP contribution is 2.44. The van der Waals surface area contributed by atoms with Crippen LogP contribution in [0.4, 0.5) is 5.69 Å². The van der Waals surface area contributed by atoms with E-state index in [0.29, 0.717) is 11.6 Å². The van der Waals surface area contributed by atoms with Crippen molar-refractivity contribution in [3.63, 3.8) is 0 Å². The molecule has 0 aromatic heterocycles. The van der Waals surface area contributed by atoms with E-state index in [1.165, 1.54) is 18.2 Å². The molecule has 4 nitrogen and oxygen atoms in total. The summed E-state index contributed by atoms with van der Waals surface area (Å²) in [5.41, 5.74) is 5.95. The normalized spacial score (nSPS) is 18.0. The molecular formula is C11H15ClN2O2S. The molecule has 1 fully saturated rings. The van der Waals surface area contributed by atoms with Gasteiger partial charge in [0.2, 0.25) is 10.0 Å². The molecule has 0 heterocycles. The molecule has 1 aliphatic carbocycles. The molecule has 0 atom stereocenters. The Morgan fingerprint density at radius 1 is 1.47 bits per heavy atom. The third-order valence-electron chi connectivity index (χ3n) is 3.05. The summed E-state index contributed by atoms with van der Waals surface area (Å²) in [7, 11) is -3.53. The highest BCUT2D eigenvalue weighted by molar-refractivity contribution is 7.89. The van der Waals surface area contributed by atoms with Gasteiger partial charge in [0.05, 0.1) is 5.69 Å². The van der Waals surface area contributed by atoms with Crippen LogP contribution in [0, 0.1) is 5.41 Å². The Balaban J connectivity index is 2.19. The number of nitrogens with two attached hydrogens (primary N) is 1. The summed E-state index contributed by atoms with van der Waals surface area (Å²) in [5, 5.41) is 0.426. The number of halogens is 1. The Bertz CT molecular complexity index is 538. The zero-order valence-electron chi connectivity index (χ0n) is 9.53. The van der Waals surface area contributed by atoms with Crippen LogP contribution in [0.5, 0.6) is 0 Å². The maximum Gasteiger partial charge on any atom is 0.242 e. The predicted octanol–water partition coefficient (Wildman–Crippen LogP) is 2.00. The summed E-state index contributed by atoms with van der Waals surface area (Å²) >= 11 is 5.73. The predicted molar refractivity (Wildman–Crippen MR) is 68.4 cm³/mol. The number of anilines is 1. The first-order valence-electron chi connectivity index (χ1n) is 5.37. The minimum absolute atomic E-state index is 0.0890. The minimum Gasteiger partial charge on any atom is -0.398 e. The zero-order chi connectivity index (χ0) is 12.7. The number of benzene rings is 1. The van der Waals surface area contributed by atoms with E-state index in [9.17, 15) is 8.42 Å². The Morgan fingerprint density at radius 2 is 2.12 bits per heavy atom. The van der Waals surface area contributed by atoms with Crippen molar-refractivity contribution in [1.82, 2.24) is 4.72 Å². The van der Waals surface area contributed by atoms with Crippen LogP contribution >= 0.6 is 11.6 Å². The number of rotatable bonds is 4. The molecule has 0 spiro atoms. The highest BCUT2D eigenvalue weighted by Gasteiger charge is 2.38. The molecule has 1 aromatic carbocycles. The number of nitrogen functional groups attached to an aromatic ring is 1. The highest BCUT2D eigenvalue weighted by atomic mass is 35.5. The molecule has 3 N–H and O–H groups in total. The summed E-state index contributed by atoms with van der Waals surface area (Å²) in [6.45, 7) is 2.51. The van der Waals surface area contributed by atoms with E-state index in [1.807, 2.05) is 0 Å². The third-order valence-corrected chi connectivity index (χ3v) is 4.76. The van der Waals surface area contributed by atoms with Gasteiger partial charge in [-0.05, 0) is 36.5 Å². The van der Waals surface area contributed by atoms with Gasteiger partial charge in [0, 0.05) is 11.6 Å². The lowest BCUT2D eigenvalue weighted by atomic mass is 10.2. The van der Waals surface area contributed by atoms with Crippen LogP contribution in [-0.4, -0.2) is 15.0 Å². The van der Waals surface area contributed by atoms with E-state index in [0.717, 1.165) is 12.8 Å². The molecule has 1 aliphatic rings. The summed E-state index contributed by atoms with van der Waals surface area (Å²) in [6.07, 6.45) is 2.12. The largest absolute Gasteiger partial charge is 0.398 e. The maximum absolute atomic E-state index is 12.0. The summed E-state index contributed by atoms with van der Waals surface area (Å²) in [4.78, 5) is 0.0890. The van der Waals surface area contributed by atoms with Crippen LogP contribution in [0.3, 0.4) is 0 Å². The van der Waals surface area contributed by atoms with Gasteiger partial charge in [-0.25, -0.2) is 13.1 Å². The second kappa shape index (κ2) is 4.15. The fourth-order valence-corrected chi connectivity index (χ4v) is 2.99. The van der Waals surface area contributed by atoms with Gasteiger partial charge < -0.3 is 5.73 Å². The second-order valence-corrected chi connectivity index (χ2v) is 6.99. The lowest BCUT2D eigenvalue weighted by molar-refractivity contribution is 0.530. The van der Waals surface area contributed by atoms with Gasteiger partial charge in [-0.3, -0.25) is 0 Å². The van der Waals surface area contributed by atoms with Gasteiger partial charge in [-0.1, -0.05) is 18.5 Å². The van der Waals surface area contributed by atoms with E-state index in [1.54, 1.807) is 0 Å². The van der Waals surface area contributed by atoms with Crippen LogP contribution in [0.2, 0.25) is 5.02 Å². The van der Waals surface area contributed by atoms with Gasteiger partial charge in [-0.2, -0.15) is 0 Å². The Labute approximate surface area is 106 Å². The number of hydrogen-bond donors (Lipinski definition) is 2. The monoisotopic (exact) mass is 274 g/mol. The van der Waals surface area contributed by atoms with Gasteiger partial charge in [0.15, 0.2) is 0 Å². The minimum atomic E-state index is -3.53. The fourth-order valence-electron chi connectivity index (χ4n) is 1.50. The number of nitrogens with one attached hydrogen (secondary N) is 1. The molecule has 1 saturated carbocycles. The van der Waals surface area contributed by atoms with Crippen molar-refractivity contribution in [2.45, 2.75) is 24.7 Å². The fraction of sp³-hybridized carbons (Fsp3) is 0.455. The third kappa shape index (κ3) is 2.91. The smallest absolute Gasteiger partial charge is 0.242 e. The first-order valence-corrected chi connectivity index (χ1v) is 7.23. The average molecular weight is 275 g/mol. The summed E-state index contributed by atoms with van der Waals surface area (Å²) in [5.74, 6) is 0. The van der Waals surface area contributed by atoms with Crippen molar-refractivity contribution < 1.29 is 8.42 Å². The first-order chi connectivity index (χ1) is 7.82. The van der Waals surface area contributed by atoms with Crippen molar-refractivity contribution in [3.8, 4) is 0 Å². The maximum atomic E-state index is 12.0. The summed E-state index contributed by atoms with van der Waals surface area (Å²) < 4.78 is 26.6. The Kier molecular flexibility index (Phi) is 3.10. The Hall–Kier alpha value is -0.780. The van der Waals surface area contributed by atoms with Crippen LogP contribution in [0.25, 0.3) is 0 Å². The van der Waals surface area contributed by atoms with Gasteiger partial charge in [0.25, 0.3) is 0 Å². The Morgan fingerprint density at radius 3 is 2.65 bits per heavy atom. The van der Waals surface area contributed by atoms with Crippen LogP contribution in [0.15, 0.2) is 23.1 Å². The molecule has 0 amide bonds. The standard InChI is InChI=1S/C11H15ClN2O2S/c1-11(4-5-11)7-14-17(15,16)10-3-2-8(12)6-9(10)13/h2-3,6,14H,4-5,7,13H2,1H3. The van der Waals surface area contributed by atoms with E-state index >= 15 is 0 Å². The van der Waals surface area contributed by atoms with Gasteiger partial charge >= 0.3 is 0 Å². The number of sulfonamides is 1. The lowest BCUT2D eigenvalue weighted by Gasteiger charge is -2.12. The quantitative estimate of drug-likeness (QED) is 0.825. The SMILES string of the molecule is CC1(CNS(=O)(=O)c2ccc(Cl)cc2N)CC1. The molecule has 17 heavy (non-hydrogen) atoms. The van der Waals surface area contributed by atoms with E-state index in [4.69, 9.17) is 17.3 Å².